The van der Waals surface area contributed by atoms with Gasteiger partial charge < -0.3 is 15.4 Å². The van der Waals surface area contributed by atoms with Crippen molar-refractivity contribution in [3.63, 3.8) is 0 Å². The summed E-state index contributed by atoms with van der Waals surface area (Å²) in [7, 11) is 0. The van der Waals surface area contributed by atoms with Gasteiger partial charge in [0.1, 0.15) is 5.75 Å². The molecule has 2 N–H and O–H groups in total. The number of carbonyl (C=O) groups is 3. The van der Waals surface area contributed by atoms with Gasteiger partial charge in [-0.1, -0.05) is 15.9 Å². The Morgan fingerprint density at radius 2 is 1.73 bits per heavy atom. The Morgan fingerprint density at radius 3 is 2.35 bits per heavy atom. The topological polar surface area (TPSA) is 84.5 Å². The van der Waals surface area contributed by atoms with Crippen LogP contribution in [0.3, 0.4) is 0 Å². The lowest BCUT2D eigenvalue weighted by molar-refractivity contribution is -0.125. The number of anilines is 1. The molecule has 7 heteroatoms. The van der Waals surface area contributed by atoms with E-state index in [2.05, 4.69) is 26.6 Å². The second-order valence-electron chi connectivity index (χ2n) is 5.65. The molecule has 0 atom stereocenters. The van der Waals surface area contributed by atoms with Gasteiger partial charge in [-0.2, -0.15) is 0 Å². The van der Waals surface area contributed by atoms with Gasteiger partial charge in [0, 0.05) is 15.7 Å². The van der Waals surface area contributed by atoms with Crippen LogP contribution in [-0.2, 0) is 9.59 Å². The van der Waals surface area contributed by atoms with Crippen LogP contribution in [0.4, 0.5) is 5.69 Å². The molecule has 0 radical (unpaired) electrons. The fourth-order valence-electron chi connectivity index (χ4n) is 2.13. The second kappa shape index (κ2) is 9.15. The number of ketones is 1. The number of hydrogen-bond acceptors (Lipinski definition) is 4. The molecule has 0 saturated carbocycles. The summed E-state index contributed by atoms with van der Waals surface area (Å²) in [5.74, 6) is -0.306. The van der Waals surface area contributed by atoms with Crippen molar-refractivity contribution in [3.05, 3.63) is 58.1 Å². The van der Waals surface area contributed by atoms with E-state index in [1.807, 2.05) is 19.1 Å². The SMILES string of the molecule is CC(=O)c1ccc(OCC(=O)NCC(=O)Nc2ccc(Br)cc2C)cc1. The lowest BCUT2D eigenvalue weighted by Gasteiger charge is -2.10. The summed E-state index contributed by atoms with van der Waals surface area (Å²) in [6.45, 7) is 2.99. The number of halogens is 1. The fourth-order valence-corrected chi connectivity index (χ4v) is 2.60. The minimum atomic E-state index is -0.414. The Hall–Kier alpha value is -2.67. The lowest BCUT2D eigenvalue weighted by atomic mass is 10.1. The summed E-state index contributed by atoms with van der Waals surface area (Å²) in [4.78, 5) is 34.9. The van der Waals surface area contributed by atoms with Crippen molar-refractivity contribution in [1.82, 2.24) is 5.32 Å². The quantitative estimate of drug-likeness (QED) is 0.676. The Balaban J connectivity index is 1.75. The molecule has 6 nitrogen and oxygen atoms in total. The highest BCUT2D eigenvalue weighted by atomic mass is 79.9. The number of hydrogen-bond donors (Lipinski definition) is 2. The van der Waals surface area contributed by atoms with E-state index in [-0.39, 0.29) is 24.8 Å². The third-order valence-electron chi connectivity index (χ3n) is 3.54. The molecule has 2 rings (SSSR count). The number of amides is 2. The Labute approximate surface area is 160 Å². The van der Waals surface area contributed by atoms with Gasteiger partial charge in [-0.25, -0.2) is 0 Å². The van der Waals surface area contributed by atoms with Crippen LogP contribution >= 0.6 is 15.9 Å². The normalized spacial score (nSPS) is 10.1. The van der Waals surface area contributed by atoms with Crippen molar-refractivity contribution < 1.29 is 19.1 Å². The summed E-state index contributed by atoms with van der Waals surface area (Å²) in [5.41, 5.74) is 2.17. The first kappa shape index (κ1) is 19.7. The summed E-state index contributed by atoms with van der Waals surface area (Å²) in [6, 6.07) is 12.0. The summed E-state index contributed by atoms with van der Waals surface area (Å²) >= 11 is 3.36. The minimum absolute atomic E-state index is 0.0404. The van der Waals surface area contributed by atoms with Crippen LogP contribution < -0.4 is 15.4 Å². The van der Waals surface area contributed by atoms with E-state index < -0.39 is 5.91 Å². The predicted octanol–water partition coefficient (Wildman–Crippen LogP) is 3.09. The monoisotopic (exact) mass is 418 g/mol. The number of benzene rings is 2. The standard InChI is InChI=1S/C19H19BrN2O4/c1-12-9-15(20)5-8-17(12)22-18(24)10-21-19(25)11-26-16-6-3-14(4-7-16)13(2)23/h3-9H,10-11H2,1-2H3,(H,21,25)(H,22,24). The van der Waals surface area contributed by atoms with E-state index in [0.29, 0.717) is 17.0 Å². The predicted molar refractivity (Wildman–Crippen MR) is 102 cm³/mol. The third kappa shape index (κ3) is 6.00. The van der Waals surface area contributed by atoms with E-state index in [1.54, 1.807) is 30.3 Å². The van der Waals surface area contributed by atoms with Crippen LogP contribution in [-0.4, -0.2) is 30.7 Å². The zero-order valence-corrected chi connectivity index (χ0v) is 16.1. The largest absolute Gasteiger partial charge is 0.484 e. The highest BCUT2D eigenvalue weighted by Crippen LogP contribution is 2.19. The van der Waals surface area contributed by atoms with Crippen molar-refractivity contribution in [1.29, 1.82) is 0 Å². The lowest BCUT2D eigenvalue weighted by Crippen LogP contribution is -2.35. The van der Waals surface area contributed by atoms with Crippen molar-refractivity contribution in [3.8, 4) is 5.75 Å². The first-order valence-corrected chi connectivity index (χ1v) is 8.71. The summed E-state index contributed by atoms with van der Waals surface area (Å²) in [6.07, 6.45) is 0. The molecule has 0 fully saturated rings. The number of nitrogens with one attached hydrogen (secondary N) is 2. The molecular weight excluding hydrogens is 400 g/mol. The van der Waals surface area contributed by atoms with Crippen LogP contribution in [0.5, 0.6) is 5.75 Å². The van der Waals surface area contributed by atoms with Crippen molar-refractivity contribution in [2.45, 2.75) is 13.8 Å². The molecule has 2 aromatic rings. The number of carbonyl (C=O) groups excluding carboxylic acids is 3. The highest BCUT2D eigenvalue weighted by Gasteiger charge is 2.08. The molecule has 0 saturated heterocycles. The molecule has 0 aliphatic rings. The first-order valence-electron chi connectivity index (χ1n) is 7.91. The van der Waals surface area contributed by atoms with E-state index in [1.165, 1.54) is 6.92 Å². The molecule has 0 bridgehead atoms. The van der Waals surface area contributed by atoms with E-state index in [9.17, 15) is 14.4 Å². The Kier molecular flexibility index (Phi) is 6.91. The fraction of sp³-hybridized carbons (Fsp3) is 0.211. The van der Waals surface area contributed by atoms with Crippen LogP contribution in [0.1, 0.15) is 22.8 Å². The minimum Gasteiger partial charge on any atom is -0.484 e. The van der Waals surface area contributed by atoms with Gasteiger partial charge in [-0.05, 0) is 61.9 Å². The number of Topliss-reactive ketones (excluding diaryl/α,β-unsaturated/α-hetero) is 1. The number of rotatable bonds is 7. The van der Waals surface area contributed by atoms with Crippen molar-refractivity contribution >= 4 is 39.2 Å². The van der Waals surface area contributed by atoms with Gasteiger partial charge >= 0.3 is 0 Å². The zero-order valence-electron chi connectivity index (χ0n) is 14.5. The van der Waals surface area contributed by atoms with Gasteiger partial charge in [0.05, 0.1) is 6.54 Å². The molecular formula is C19H19BrN2O4. The smallest absolute Gasteiger partial charge is 0.258 e. The molecule has 2 amide bonds. The third-order valence-corrected chi connectivity index (χ3v) is 4.03. The molecule has 0 unspecified atom stereocenters. The van der Waals surface area contributed by atoms with E-state index in [4.69, 9.17) is 4.74 Å². The van der Waals surface area contributed by atoms with E-state index >= 15 is 0 Å². The molecule has 0 aliphatic carbocycles. The molecule has 0 heterocycles. The average Bonchev–Trinajstić information content (AvgIpc) is 2.61. The summed E-state index contributed by atoms with van der Waals surface area (Å²) in [5, 5.41) is 5.23. The maximum Gasteiger partial charge on any atom is 0.258 e. The molecule has 136 valence electrons. The Morgan fingerprint density at radius 1 is 1.04 bits per heavy atom. The number of aryl methyl sites for hydroxylation is 1. The zero-order chi connectivity index (χ0) is 19.1. The van der Waals surface area contributed by atoms with Crippen LogP contribution in [0.2, 0.25) is 0 Å². The average molecular weight is 419 g/mol. The maximum absolute atomic E-state index is 11.9. The second-order valence-corrected chi connectivity index (χ2v) is 6.57. The number of ether oxygens (including phenoxy) is 1. The molecule has 0 aliphatic heterocycles. The van der Waals surface area contributed by atoms with Gasteiger partial charge in [-0.3, -0.25) is 14.4 Å². The molecule has 0 spiro atoms. The van der Waals surface area contributed by atoms with Gasteiger partial charge in [-0.15, -0.1) is 0 Å². The molecule has 0 aromatic heterocycles. The van der Waals surface area contributed by atoms with Crippen molar-refractivity contribution in [2.24, 2.45) is 0 Å². The van der Waals surface area contributed by atoms with Gasteiger partial charge in [0.2, 0.25) is 5.91 Å². The maximum atomic E-state index is 11.9. The van der Waals surface area contributed by atoms with Crippen LogP contribution in [0.15, 0.2) is 46.9 Å². The highest BCUT2D eigenvalue weighted by molar-refractivity contribution is 9.10. The summed E-state index contributed by atoms with van der Waals surface area (Å²) < 4.78 is 6.25. The molecule has 26 heavy (non-hydrogen) atoms. The van der Waals surface area contributed by atoms with Crippen LogP contribution in [0.25, 0.3) is 0 Å². The van der Waals surface area contributed by atoms with Crippen molar-refractivity contribution in [2.75, 3.05) is 18.5 Å². The van der Waals surface area contributed by atoms with Gasteiger partial charge in [0.15, 0.2) is 12.4 Å². The van der Waals surface area contributed by atoms with Crippen LogP contribution in [0, 0.1) is 6.92 Å². The first-order chi connectivity index (χ1) is 12.3. The Bertz CT molecular complexity index is 819. The van der Waals surface area contributed by atoms with Gasteiger partial charge in [0.25, 0.3) is 5.91 Å². The molecule has 2 aromatic carbocycles. The van der Waals surface area contributed by atoms with E-state index in [0.717, 1.165) is 10.0 Å².